The van der Waals surface area contributed by atoms with Gasteiger partial charge in [-0.05, 0) is 36.4 Å². The average Bonchev–Trinajstić information content (AvgIpc) is 3.42. The Morgan fingerprint density at radius 2 is 2.03 bits per heavy atom. The fourth-order valence-corrected chi connectivity index (χ4v) is 3.50. The van der Waals surface area contributed by atoms with E-state index in [4.69, 9.17) is 4.42 Å². The number of furan rings is 1. The van der Waals surface area contributed by atoms with Gasteiger partial charge in [0.05, 0.1) is 35.9 Å². The number of hydrogen-bond acceptors (Lipinski definition) is 5. The van der Waals surface area contributed by atoms with E-state index in [1.165, 1.54) is 6.92 Å². The van der Waals surface area contributed by atoms with Crippen LogP contribution in [0.4, 0.5) is 5.69 Å². The number of hydrogen-bond donors (Lipinski definition) is 1. The summed E-state index contributed by atoms with van der Waals surface area (Å²) in [7, 11) is 1.71. The molecular weight excluding hydrogens is 394 g/mol. The van der Waals surface area contributed by atoms with Gasteiger partial charge in [0.1, 0.15) is 5.76 Å². The fraction of sp³-hybridized carbons (Fsp3) is 0.217. The number of amides is 2. The van der Waals surface area contributed by atoms with E-state index < -0.39 is 0 Å². The first-order valence-electron chi connectivity index (χ1n) is 9.95. The number of aryl methyl sites for hydroxylation is 2. The van der Waals surface area contributed by atoms with Crippen LogP contribution in [0.25, 0.3) is 11.0 Å². The molecule has 0 unspecified atom stereocenters. The van der Waals surface area contributed by atoms with Crippen LogP contribution in [-0.4, -0.2) is 38.3 Å². The van der Waals surface area contributed by atoms with Gasteiger partial charge in [0.15, 0.2) is 0 Å². The van der Waals surface area contributed by atoms with Gasteiger partial charge in [-0.25, -0.2) is 4.98 Å². The first-order valence-corrected chi connectivity index (χ1v) is 9.95. The number of carbonyl (C=O) groups is 2. The van der Waals surface area contributed by atoms with Crippen LogP contribution in [0.3, 0.4) is 0 Å². The zero-order valence-corrected chi connectivity index (χ0v) is 17.4. The summed E-state index contributed by atoms with van der Waals surface area (Å²) in [4.78, 5) is 35.2. The first kappa shape index (κ1) is 20.3. The van der Waals surface area contributed by atoms with E-state index in [9.17, 15) is 9.59 Å². The Kier molecular flexibility index (Phi) is 5.79. The molecule has 1 N–H and O–H groups in total. The van der Waals surface area contributed by atoms with Crippen molar-refractivity contribution in [3.63, 3.8) is 0 Å². The van der Waals surface area contributed by atoms with Crippen molar-refractivity contribution < 1.29 is 14.0 Å². The van der Waals surface area contributed by atoms with Crippen LogP contribution in [0.15, 0.2) is 65.7 Å². The molecule has 8 nitrogen and oxygen atoms in total. The van der Waals surface area contributed by atoms with Crippen molar-refractivity contribution in [2.75, 3.05) is 12.4 Å². The Hall–Kier alpha value is -3.94. The minimum Gasteiger partial charge on any atom is -0.467 e. The van der Waals surface area contributed by atoms with Crippen molar-refractivity contribution in [1.29, 1.82) is 0 Å². The summed E-state index contributed by atoms with van der Waals surface area (Å²) in [6.45, 7) is 2.43. The number of aromatic nitrogens is 3. The molecule has 0 aliphatic rings. The van der Waals surface area contributed by atoms with Crippen molar-refractivity contribution in [2.45, 2.75) is 26.4 Å². The lowest BCUT2D eigenvalue weighted by atomic mass is 10.1. The van der Waals surface area contributed by atoms with Crippen molar-refractivity contribution >= 4 is 28.5 Å². The largest absolute Gasteiger partial charge is 0.467 e. The summed E-state index contributed by atoms with van der Waals surface area (Å²) in [5.41, 5.74) is 3.38. The number of imidazole rings is 1. The third-order valence-electron chi connectivity index (χ3n) is 4.93. The molecule has 3 aromatic heterocycles. The highest BCUT2D eigenvalue weighted by molar-refractivity contribution is 6.04. The maximum Gasteiger partial charge on any atom is 0.254 e. The molecule has 0 atom stereocenters. The number of carbonyl (C=O) groups excluding carboxylic acids is 2. The Balaban J connectivity index is 1.64. The van der Waals surface area contributed by atoms with Gasteiger partial charge in [-0.1, -0.05) is 6.07 Å². The van der Waals surface area contributed by atoms with E-state index in [-0.39, 0.29) is 11.8 Å². The lowest BCUT2D eigenvalue weighted by Crippen LogP contribution is -2.26. The van der Waals surface area contributed by atoms with Gasteiger partial charge in [-0.15, -0.1) is 0 Å². The van der Waals surface area contributed by atoms with Crippen molar-refractivity contribution in [1.82, 2.24) is 19.4 Å². The Morgan fingerprint density at radius 1 is 1.16 bits per heavy atom. The molecule has 0 fully saturated rings. The smallest absolute Gasteiger partial charge is 0.254 e. The van der Waals surface area contributed by atoms with E-state index in [1.54, 1.807) is 48.9 Å². The highest BCUT2D eigenvalue weighted by Crippen LogP contribution is 2.26. The van der Waals surface area contributed by atoms with E-state index in [0.717, 1.165) is 17.6 Å². The second-order valence-corrected chi connectivity index (χ2v) is 7.32. The number of rotatable bonds is 7. The highest BCUT2D eigenvalue weighted by Gasteiger charge is 2.18. The summed E-state index contributed by atoms with van der Waals surface area (Å²) >= 11 is 0. The van der Waals surface area contributed by atoms with Crippen molar-refractivity contribution in [2.24, 2.45) is 0 Å². The van der Waals surface area contributed by atoms with Gasteiger partial charge in [-0.2, -0.15) is 0 Å². The fourth-order valence-electron chi connectivity index (χ4n) is 3.50. The number of pyridine rings is 1. The Morgan fingerprint density at radius 3 is 2.74 bits per heavy atom. The third-order valence-corrected chi connectivity index (χ3v) is 4.93. The summed E-state index contributed by atoms with van der Waals surface area (Å²) < 4.78 is 7.30. The predicted octanol–water partition coefficient (Wildman–Crippen LogP) is 3.50. The Labute approximate surface area is 179 Å². The second kappa shape index (κ2) is 8.83. The van der Waals surface area contributed by atoms with E-state index >= 15 is 0 Å². The molecule has 31 heavy (non-hydrogen) atoms. The molecule has 158 valence electrons. The van der Waals surface area contributed by atoms with Crippen LogP contribution in [0.2, 0.25) is 0 Å². The quantitative estimate of drug-likeness (QED) is 0.497. The van der Waals surface area contributed by atoms with Gasteiger partial charge in [-0.3, -0.25) is 14.6 Å². The normalized spacial score (nSPS) is 10.9. The molecule has 0 saturated carbocycles. The van der Waals surface area contributed by atoms with Crippen LogP contribution in [-0.2, 0) is 24.3 Å². The van der Waals surface area contributed by atoms with E-state index in [2.05, 4.69) is 15.3 Å². The van der Waals surface area contributed by atoms with Gasteiger partial charge in [0.2, 0.25) is 5.91 Å². The number of benzene rings is 1. The molecule has 1 aromatic carbocycles. The van der Waals surface area contributed by atoms with Crippen molar-refractivity contribution in [3.05, 3.63) is 78.3 Å². The molecule has 4 rings (SSSR count). The molecule has 4 aromatic rings. The van der Waals surface area contributed by atoms with Crippen LogP contribution in [0.5, 0.6) is 0 Å². The topological polar surface area (TPSA) is 93.3 Å². The molecule has 0 aliphatic heterocycles. The molecule has 0 saturated heterocycles. The molecule has 3 heterocycles. The zero-order valence-electron chi connectivity index (χ0n) is 17.4. The maximum absolute atomic E-state index is 13.0. The summed E-state index contributed by atoms with van der Waals surface area (Å²) in [6, 6.07) is 12.9. The average molecular weight is 417 g/mol. The van der Waals surface area contributed by atoms with E-state index in [1.807, 2.05) is 28.8 Å². The van der Waals surface area contributed by atoms with E-state index in [0.29, 0.717) is 35.6 Å². The molecule has 0 aliphatic carbocycles. The maximum atomic E-state index is 13.0. The molecule has 0 radical (unpaired) electrons. The highest BCUT2D eigenvalue weighted by atomic mass is 16.3. The minimum atomic E-state index is -0.215. The number of anilines is 1. The zero-order chi connectivity index (χ0) is 21.8. The number of nitrogens with one attached hydrogen (secondary N) is 1. The van der Waals surface area contributed by atoms with Crippen molar-refractivity contribution in [3.8, 4) is 0 Å². The molecule has 0 bridgehead atoms. The van der Waals surface area contributed by atoms with Gasteiger partial charge < -0.3 is 19.2 Å². The lowest BCUT2D eigenvalue weighted by Gasteiger charge is -2.17. The van der Waals surface area contributed by atoms with Crippen LogP contribution >= 0.6 is 0 Å². The summed E-state index contributed by atoms with van der Waals surface area (Å²) in [5.74, 6) is 0.290. The summed E-state index contributed by atoms with van der Waals surface area (Å²) in [6.07, 6.45) is 5.78. The second-order valence-electron chi connectivity index (χ2n) is 7.32. The monoisotopic (exact) mass is 417 g/mol. The molecular formula is C23H23N5O3. The SMILES string of the molecule is CC(=O)Nc1cc(C(=O)N(C)Cc2ccco2)cc2ncn(CCc3ccccn3)c12. The van der Waals surface area contributed by atoms with Crippen LogP contribution < -0.4 is 5.32 Å². The minimum absolute atomic E-state index is 0.187. The number of nitrogens with zero attached hydrogens (tertiary/aromatic N) is 4. The standard InChI is InChI=1S/C23H23N5O3/c1-16(29)26-21-13-17(23(30)27(2)14-19-7-5-11-31-19)12-20-22(21)28(15-25-20)10-8-18-6-3-4-9-24-18/h3-7,9,11-13,15H,8,10,14H2,1-2H3,(H,26,29). The Bertz CT molecular complexity index is 1200. The van der Waals surface area contributed by atoms with Gasteiger partial charge >= 0.3 is 0 Å². The van der Waals surface area contributed by atoms with Gasteiger partial charge in [0, 0.05) is 44.4 Å². The summed E-state index contributed by atoms with van der Waals surface area (Å²) in [5, 5.41) is 2.85. The van der Waals surface area contributed by atoms with Crippen LogP contribution in [0.1, 0.15) is 28.7 Å². The molecule has 2 amide bonds. The molecule has 0 spiro atoms. The first-order chi connectivity index (χ1) is 15.0. The lowest BCUT2D eigenvalue weighted by molar-refractivity contribution is -0.114. The molecule has 8 heteroatoms. The number of fused-ring (bicyclic) bond motifs is 1. The van der Waals surface area contributed by atoms with Crippen LogP contribution in [0, 0.1) is 0 Å². The van der Waals surface area contributed by atoms with Gasteiger partial charge in [0.25, 0.3) is 5.91 Å². The predicted molar refractivity (Wildman–Crippen MR) is 116 cm³/mol. The third kappa shape index (κ3) is 4.63.